The number of amides is 1. The molecule has 20 heavy (non-hydrogen) atoms. The molecule has 4 nitrogen and oxygen atoms in total. The Hall–Kier alpha value is -2.36. The van der Waals surface area contributed by atoms with Gasteiger partial charge in [0.2, 0.25) is 5.91 Å². The number of nitrogens with one attached hydrogen (secondary N) is 1. The van der Waals surface area contributed by atoms with Gasteiger partial charge in [0, 0.05) is 11.4 Å². The number of pyridine rings is 1. The van der Waals surface area contributed by atoms with Gasteiger partial charge in [0.1, 0.15) is 0 Å². The number of anilines is 1. The van der Waals surface area contributed by atoms with Gasteiger partial charge in [-0.25, -0.2) is 0 Å². The minimum absolute atomic E-state index is 0.0288. The average molecular weight is 269 g/mol. The lowest BCUT2D eigenvalue weighted by atomic mass is 10.00. The van der Waals surface area contributed by atoms with Crippen molar-refractivity contribution in [3.05, 3.63) is 59.4 Å². The molecule has 3 N–H and O–H groups in total. The van der Waals surface area contributed by atoms with Gasteiger partial charge in [-0.15, -0.1) is 0 Å². The predicted molar refractivity (Wildman–Crippen MR) is 80.1 cm³/mol. The molecule has 0 aliphatic rings. The zero-order valence-electron chi connectivity index (χ0n) is 11.8. The first kappa shape index (κ1) is 14.1. The molecule has 104 valence electrons. The van der Waals surface area contributed by atoms with Gasteiger partial charge < -0.3 is 11.1 Å². The van der Waals surface area contributed by atoms with E-state index in [2.05, 4.69) is 10.3 Å². The Kier molecular flexibility index (Phi) is 4.35. The molecule has 1 heterocycles. The predicted octanol–water partition coefficient (Wildman–Crippen LogP) is 2.39. The van der Waals surface area contributed by atoms with E-state index in [1.807, 2.05) is 56.3 Å². The van der Waals surface area contributed by atoms with Crippen molar-refractivity contribution < 1.29 is 4.79 Å². The van der Waals surface area contributed by atoms with Crippen LogP contribution in [0, 0.1) is 6.92 Å². The number of nitrogen functional groups attached to an aromatic ring is 1. The fourth-order valence-electron chi connectivity index (χ4n) is 2.01. The number of aryl methyl sites for hydroxylation is 1. The second-order valence-corrected chi connectivity index (χ2v) is 4.88. The molecule has 0 saturated heterocycles. The summed E-state index contributed by atoms with van der Waals surface area (Å²) in [6.07, 6.45) is 0. The molecule has 0 aliphatic heterocycles. The maximum absolute atomic E-state index is 12.1. The zero-order valence-corrected chi connectivity index (χ0v) is 11.8. The third kappa shape index (κ3) is 3.57. The second kappa shape index (κ2) is 6.19. The molecule has 0 saturated carbocycles. The van der Waals surface area contributed by atoms with E-state index < -0.39 is 0 Å². The Labute approximate surface area is 119 Å². The van der Waals surface area contributed by atoms with Crippen LogP contribution in [0.3, 0.4) is 0 Å². The molecule has 1 amide bonds. The van der Waals surface area contributed by atoms with E-state index in [0.717, 1.165) is 17.0 Å². The van der Waals surface area contributed by atoms with Crippen molar-refractivity contribution in [2.45, 2.75) is 26.3 Å². The molecule has 2 rings (SSSR count). The summed E-state index contributed by atoms with van der Waals surface area (Å²) in [7, 11) is 0. The third-order valence-electron chi connectivity index (χ3n) is 3.19. The van der Waals surface area contributed by atoms with Crippen LogP contribution < -0.4 is 11.1 Å². The molecular formula is C16H19N3O. The SMILES string of the molecule is Cc1cccc(CNC(=O)C(C)c2cccc(N)c2)n1. The van der Waals surface area contributed by atoms with Gasteiger partial charge in [-0.3, -0.25) is 9.78 Å². The average Bonchev–Trinajstić information content (AvgIpc) is 2.44. The molecule has 0 bridgehead atoms. The van der Waals surface area contributed by atoms with E-state index in [1.54, 1.807) is 0 Å². The summed E-state index contributed by atoms with van der Waals surface area (Å²) in [4.78, 5) is 16.5. The summed E-state index contributed by atoms with van der Waals surface area (Å²) in [5.41, 5.74) is 9.13. The van der Waals surface area contributed by atoms with Crippen LogP contribution in [-0.2, 0) is 11.3 Å². The van der Waals surface area contributed by atoms with Crippen LogP contribution in [0.1, 0.15) is 29.8 Å². The van der Waals surface area contributed by atoms with Crippen molar-refractivity contribution in [1.29, 1.82) is 0 Å². The lowest BCUT2D eigenvalue weighted by Crippen LogP contribution is -2.28. The lowest BCUT2D eigenvalue weighted by Gasteiger charge is -2.13. The van der Waals surface area contributed by atoms with Crippen LogP contribution in [-0.4, -0.2) is 10.9 Å². The fraction of sp³-hybridized carbons (Fsp3) is 0.250. The molecule has 1 unspecified atom stereocenters. The van der Waals surface area contributed by atoms with Crippen molar-refractivity contribution in [3.63, 3.8) is 0 Å². The van der Waals surface area contributed by atoms with Gasteiger partial charge in [-0.1, -0.05) is 18.2 Å². The molecule has 0 fully saturated rings. The Morgan fingerprint density at radius 2 is 2.05 bits per heavy atom. The lowest BCUT2D eigenvalue weighted by molar-refractivity contribution is -0.122. The molecule has 4 heteroatoms. The third-order valence-corrected chi connectivity index (χ3v) is 3.19. The highest BCUT2D eigenvalue weighted by atomic mass is 16.1. The van der Waals surface area contributed by atoms with E-state index in [1.165, 1.54) is 0 Å². The second-order valence-electron chi connectivity index (χ2n) is 4.88. The van der Waals surface area contributed by atoms with Crippen LogP contribution in [0.4, 0.5) is 5.69 Å². The molecule has 1 aromatic heterocycles. The van der Waals surface area contributed by atoms with Crippen molar-refractivity contribution >= 4 is 11.6 Å². The Bertz CT molecular complexity index is 610. The van der Waals surface area contributed by atoms with Gasteiger partial charge in [-0.2, -0.15) is 0 Å². The maximum atomic E-state index is 12.1. The minimum Gasteiger partial charge on any atom is -0.399 e. The summed E-state index contributed by atoms with van der Waals surface area (Å²) in [5.74, 6) is -0.262. The van der Waals surface area contributed by atoms with Crippen LogP contribution in [0.5, 0.6) is 0 Å². The Morgan fingerprint density at radius 1 is 1.30 bits per heavy atom. The van der Waals surface area contributed by atoms with Crippen LogP contribution >= 0.6 is 0 Å². The smallest absolute Gasteiger partial charge is 0.227 e. The number of aromatic nitrogens is 1. The van der Waals surface area contributed by atoms with Gasteiger partial charge in [-0.05, 0) is 43.7 Å². The first-order valence-corrected chi connectivity index (χ1v) is 6.62. The number of rotatable bonds is 4. The standard InChI is InChI=1S/C16H19N3O/c1-11-5-3-8-15(19-11)10-18-16(20)12(2)13-6-4-7-14(17)9-13/h3-9,12H,10,17H2,1-2H3,(H,18,20). The summed E-state index contributed by atoms with van der Waals surface area (Å²) in [5, 5.41) is 2.90. The molecule has 0 aliphatic carbocycles. The number of nitrogens with zero attached hydrogens (tertiary/aromatic N) is 1. The number of benzene rings is 1. The number of carbonyl (C=O) groups is 1. The molecule has 1 atom stereocenters. The van der Waals surface area contributed by atoms with Gasteiger partial charge >= 0.3 is 0 Å². The molecule has 0 spiro atoms. The minimum atomic E-state index is -0.233. The number of carbonyl (C=O) groups excluding carboxylic acids is 1. The van der Waals surface area contributed by atoms with E-state index >= 15 is 0 Å². The van der Waals surface area contributed by atoms with E-state index in [9.17, 15) is 4.79 Å². The molecule has 0 radical (unpaired) electrons. The largest absolute Gasteiger partial charge is 0.399 e. The first-order chi connectivity index (χ1) is 9.56. The van der Waals surface area contributed by atoms with Gasteiger partial charge in [0.15, 0.2) is 0 Å². The Balaban J connectivity index is 1.98. The van der Waals surface area contributed by atoms with E-state index in [-0.39, 0.29) is 11.8 Å². The topological polar surface area (TPSA) is 68.0 Å². The first-order valence-electron chi connectivity index (χ1n) is 6.62. The van der Waals surface area contributed by atoms with Crippen molar-refractivity contribution in [2.75, 3.05) is 5.73 Å². The summed E-state index contributed by atoms with van der Waals surface area (Å²) >= 11 is 0. The van der Waals surface area contributed by atoms with Crippen LogP contribution in [0.25, 0.3) is 0 Å². The van der Waals surface area contributed by atoms with Crippen molar-refractivity contribution in [3.8, 4) is 0 Å². The molecule has 1 aromatic carbocycles. The highest BCUT2D eigenvalue weighted by molar-refractivity contribution is 5.83. The summed E-state index contributed by atoms with van der Waals surface area (Å²) in [6, 6.07) is 13.2. The van der Waals surface area contributed by atoms with Crippen molar-refractivity contribution in [2.24, 2.45) is 0 Å². The molecular weight excluding hydrogens is 250 g/mol. The summed E-state index contributed by atoms with van der Waals surface area (Å²) in [6.45, 7) is 4.24. The quantitative estimate of drug-likeness (QED) is 0.837. The maximum Gasteiger partial charge on any atom is 0.227 e. The summed E-state index contributed by atoms with van der Waals surface area (Å²) < 4.78 is 0. The zero-order chi connectivity index (χ0) is 14.5. The van der Waals surface area contributed by atoms with E-state index in [0.29, 0.717) is 12.2 Å². The highest BCUT2D eigenvalue weighted by Gasteiger charge is 2.15. The van der Waals surface area contributed by atoms with Crippen LogP contribution in [0.2, 0.25) is 0 Å². The van der Waals surface area contributed by atoms with Crippen LogP contribution in [0.15, 0.2) is 42.5 Å². The number of nitrogens with two attached hydrogens (primary N) is 1. The van der Waals surface area contributed by atoms with Crippen molar-refractivity contribution in [1.82, 2.24) is 10.3 Å². The van der Waals surface area contributed by atoms with Gasteiger partial charge in [0.25, 0.3) is 0 Å². The molecule has 2 aromatic rings. The number of hydrogen-bond donors (Lipinski definition) is 2. The fourth-order valence-corrected chi connectivity index (χ4v) is 2.01. The monoisotopic (exact) mass is 269 g/mol. The van der Waals surface area contributed by atoms with Gasteiger partial charge in [0.05, 0.1) is 18.2 Å². The number of hydrogen-bond acceptors (Lipinski definition) is 3. The Morgan fingerprint density at radius 3 is 2.75 bits per heavy atom. The highest BCUT2D eigenvalue weighted by Crippen LogP contribution is 2.17. The normalized spacial score (nSPS) is 11.9. The van der Waals surface area contributed by atoms with E-state index in [4.69, 9.17) is 5.73 Å².